The number of pyridine rings is 1. The molecular formula is C25H22F6N2O5. The van der Waals surface area contributed by atoms with Gasteiger partial charge in [-0.15, -0.1) is 13.2 Å². The van der Waals surface area contributed by atoms with Crippen molar-refractivity contribution < 1.29 is 50.5 Å². The van der Waals surface area contributed by atoms with E-state index in [0.29, 0.717) is 5.56 Å². The summed E-state index contributed by atoms with van der Waals surface area (Å²) in [5.41, 5.74) is -2.46. The number of aliphatic carboxylic acids is 1. The molecule has 1 amide bonds. The summed E-state index contributed by atoms with van der Waals surface area (Å²) in [7, 11) is 0. The highest BCUT2D eigenvalue weighted by atomic mass is 19.4. The van der Waals surface area contributed by atoms with Crippen LogP contribution < -0.4 is 14.8 Å². The number of carboxylic acids is 1. The number of carbonyl (C=O) groups excluding carboxylic acids is 1. The minimum Gasteiger partial charge on any atom is -0.486 e. The van der Waals surface area contributed by atoms with Gasteiger partial charge in [0.05, 0.1) is 5.56 Å². The summed E-state index contributed by atoms with van der Waals surface area (Å²) in [6.45, 7) is 4.36. The van der Waals surface area contributed by atoms with Gasteiger partial charge in [0.15, 0.2) is 5.75 Å². The fourth-order valence-electron chi connectivity index (χ4n) is 3.45. The number of carbonyl (C=O) groups is 2. The standard InChI is InChI=1S/C25H22F6N2O5/c1-23(2,3)20(22(35)36)33-21(34)16-10-6-14-7-11-17(24(26,27)28)32-18(14)19(16)37-12-13-4-8-15(9-5-13)38-25(29,30)31/h4-11,20H,12H2,1-3H3,(H,33,34)(H,35,36)/t20-/m1/s1. The van der Waals surface area contributed by atoms with E-state index in [1.165, 1.54) is 24.3 Å². The van der Waals surface area contributed by atoms with E-state index < -0.39 is 47.3 Å². The number of aromatic nitrogens is 1. The average Bonchev–Trinajstić information content (AvgIpc) is 2.78. The second-order valence-corrected chi connectivity index (χ2v) is 9.30. The quantitative estimate of drug-likeness (QED) is 0.357. The number of rotatable bonds is 7. The first-order chi connectivity index (χ1) is 17.5. The number of nitrogens with zero attached hydrogens (tertiary/aromatic N) is 1. The normalized spacial score (nSPS) is 13.2. The number of ether oxygens (including phenoxy) is 2. The molecule has 1 heterocycles. The van der Waals surface area contributed by atoms with Gasteiger partial charge in [0.25, 0.3) is 5.91 Å². The molecule has 0 aliphatic carbocycles. The number of fused-ring (bicyclic) bond motifs is 1. The van der Waals surface area contributed by atoms with Crippen LogP contribution in [0.4, 0.5) is 26.3 Å². The minimum atomic E-state index is -4.90. The third kappa shape index (κ3) is 7.05. The molecule has 3 aromatic rings. The molecule has 0 bridgehead atoms. The Bertz CT molecular complexity index is 1330. The Hall–Kier alpha value is -4.03. The highest BCUT2D eigenvalue weighted by molar-refractivity contribution is 6.04. The van der Waals surface area contributed by atoms with Crippen LogP contribution in [0.25, 0.3) is 10.9 Å². The second kappa shape index (κ2) is 10.4. The molecule has 3 rings (SSSR count). The summed E-state index contributed by atoms with van der Waals surface area (Å²) in [5.74, 6) is -3.12. The summed E-state index contributed by atoms with van der Waals surface area (Å²) >= 11 is 0. The number of hydrogen-bond acceptors (Lipinski definition) is 5. The van der Waals surface area contributed by atoms with Crippen molar-refractivity contribution in [3.8, 4) is 11.5 Å². The Morgan fingerprint density at radius 3 is 2.08 bits per heavy atom. The molecule has 2 N–H and O–H groups in total. The molecular weight excluding hydrogens is 522 g/mol. The maximum atomic E-state index is 13.4. The summed E-state index contributed by atoms with van der Waals surface area (Å²) in [4.78, 5) is 28.5. The second-order valence-electron chi connectivity index (χ2n) is 9.30. The van der Waals surface area contributed by atoms with E-state index in [2.05, 4.69) is 15.0 Å². The predicted octanol–water partition coefficient (Wildman–Crippen LogP) is 5.96. The number of carboxylic acid groups (broad SMARTS) is 1. The zero-order valence-corrected chi connectivity index (χ0v) is 20.2. The number of nitrogens with one attached hydrogen (secondary N) is 1. The van der Waals surface area contributed by atoms with Gasteiger partial charge in [0.1, 0.15) is 29.6 Å². The lowest BCUT2D eigenvalue weighted by Crippen LogP contribution is -2.49. The van der Waals surface area contributed by atoms with Crippen LogP contribution in [-0.4, -0.2) is 34.4 Å². The van der Waals surface area contributed by atoms with Gasteiger partial charge in [-0.1, -0.05) is 45.0 Å². The zero-order chi connectivity index (χ0) is 28.5. The monoisotopic (exact) mass is 544 g/mol. The highest BCUT2D eigenvalue weighted by Gasteiger charge is 2.35. The first-order valence-corrected chi connectivity index (χ1v) is 11.0. The highest BCUT2D eigenvalue weighted by Crippen LogP contribution is 2.35. The molecule has 0 aliphatic heterocycles. The van der Waals surface area contributed by atoms with Crippen LogP contribution >= 0.6 is 0 Å². The topological polar surface area (TPSA) is 97.8 Å². The van der Waals surface area contributed by atoms with Gasteiger partial charge in [-0.3, -0.25) is 4.79 Å². The predicted molar refractivity (Wildman–Crippen MR) is 123 cm³/mol. The summed E-state index contributed by atoms with van der Waals surface area (Å²) < 4.78 is 86.8. The van der Waals surface area contributed by atoms with Gasteiger partial charge < -0.3 is 19.9 Å². The summed E-state index contributed by atoms with van der Waals surface area (Å²) in [6, 6.07) is 7.64. The van der Waals surface area contributed by atoms with Crippen molar-refractivity contribution in [1.82, 2.24) is 10.3 Å². The van der Waals surface area contributed by atoms with E-state index in [1.807, 2.05) is 0 Å². The number of benzene rings is 2. The van der Waals surface area contributed by atoms with Crippen molar-refractivity contribution >= 4 is 22.8 Å². The minimum absolute atomic E-state index is 0.198. The van der Waals surface area contributed by atoms with Crippen LogP contribution in [0.1, 0.15) is 42.4 Å². The largest absolute Gasteiger partial charge is 0.573 e. The third-order valence-electron chi connectivity index (χ3n) is 5.28. The molecule has 1 atom stereocenters. The molecule has 7 nitrogen and oxygen atoms in total. The van der Waals surface area contributed by atoms with Gasteiger partial charge in [-0.05, 0) is 35.2 Å². The van der Waals surface area contributed by atoms with Gasteiger partial charge in [-0.2, -0.15) is 13.2 Å². The average molecular weight is 544 g/mol. The molecule has 0 saturated heterocycles. The molecule has 0 aliphatic rings. The van der Waals surface area contributed by atoms with E-state index in [1.54, 1.807) is 20.8 Å². The number of halogens is 6. The molecule has 0 spiro atoms. The Labute approximate surface area is 212 Å². The van der Waals surface area contributed by atoms with Crippen LogP contribution in [0.5, 0.6) is 11.5 Å². The van der Waals surface area contributed by atoms with Crippen LogP contribution in [0, 0.1) is 5.41 Å². The Morgan fingerprint density at radius 2 is 1.55 bits per heavy atom. The Balaban J connectivity index is 2.03. The van der Waals surface area contributed by atoms with Crippen LogP contribution in [0.2, 0.25) is 0 Å². The molecule has 2 aromatic carbocycles. The van der Waals surface area contributed by atoms with Crippen LogP contribution in [0.3, 0.4) is 0 Å². The Kier molecular flexibility index (Phi) is 7.80. The van der Waals surface area contributed by atoms with Crippen LogP contribution in [0.15, 0.2) is 48.5 Å². The lowest BCUT2D eigenvalue weighted by Gasteiger charge is -2.28. The first-order valence-electron chi connectivity index (χ1n) is 11.0. The lowest BCUT2D eigenvalue weighted by atomic mass is 9.86. The van der Waals surface area contributed by atoms with E-state index >= 15 is 0 Å². The molecule has 1 aromatic heterocycles. The van der Waals surface area contributed by atoms with Gasteiger partial charge in [0.2, 0.25) is 0 Å². The first kappa shape index (κ1) is 28.5. The van der Waals surface area contributed by atoms with Gasteiger partial charge >= 0.3 is 18.5 Å². The van der Waals surface area contributed by atoms with Gasteiger partial charge in [-0.25, -0.2) is 9.78 Å². The van der Waals surface area contributed by atoms with Crippen molar-refractivity contribution in [2.75, 3.05) is 0 Å². The van der Waals surface area contributed by atoms with Crippen molar-refractivity contribution in [1.29, 1.82) is 0 Å². The summed E-state index contributed by atoms with van der Waals surface area (Å²) in [5, 5.41) is 12.1. The SMILES string of the molecule is CC(C)(C)[C@H](NC(=O)c1ccc2ccc(C(F)(F)F)nc2c1OCc1ccc(OC(F)(F)F)cc1)C(=O)O. The fraction of sp³-hybridized carbons (Fsp3) is 0.320. The zero-order valence-electron chi connectivity index (χ0n) is 20.2. The molecule has 0 unspecified atom stereocenters. The fourth-order valence-corrected chi connectivity index (χ4v) is 3.45. The van der Waals surface area contributed by atoms with E-state index in [4.69, 9.17) is 4.74 Å². The molecule has 204 valence electrons. The molecule has 13 heteroatoms. The molecule has 0 saturated carbocycles. The molecule has 0 fully saturated rings. The molecule has 38 heavy (non-hydrogen) atoms. The van der Waals surface area contributed by atoms with Gasteiger partial charge in [0, 0.05) is 5.39 Å². The molecule has 0 radical (unpaired) electrons. The Morgan fingerprint density at radius 1 is 0.947 bits per heavy atom. The van der Waals surface area contributed by atoms with Crippen molar-refractivity contribution in [2.45, 2.75) is 46.0 Å². The number of alkyl halides is 6. The van der Waals surface area contributed by atoms with Crippen molar-refractivity contribution in [3.05, 3.63) is 65.4 Å². The van der Waals surface area contributed by atoms with Crippen molar-refractivity contribution in [3.63, 3.8) is 0 Å². The van der Waals surface area contributed by atoms with E-state index in [-0.39, 0.29) is 28.8 Å². The van der Waals surface area contributed by atoms with E-state index in [9.17, 15) is 41.0 Å². The maximum Gasteiger partial charge on any atom is 0.573 e. The lowest BCUT2D eigenvalue weighted by molar-refractivity contribution is -0.274. The number of amides is 1. The third-order valence-corrected chi connectivity index (χ3v) is 5.28. The van der Waals surface area contributed by atoms with Crippen molar-refractivity contribution in [2.24, 2.45) is 5.41 Å². The number of hydrogen-bond donors (Lipinski definition) is 2. The summed E-state index contributed by atoms with van der Waals surface area (Å²) in [6.07, 6.45) is -9.70. The van der Waals surface area contributed by atoms with E-state index in [0.717, 1.165) is 24.3 Å². The maximum absolute atomic E-state index is 13.4. The smallest absolute Gasteiger partial charge is 0.486 e. The van der Waals surface area contributed by atoms with Crippen LogP contribution in [-0.2, 0) is 17.6 Å².